The van der Waals surface area contributed by atoms with Gasteiger partial charge in [-0.3, -0.25) is 4.79 Å². The minimum absolute atomic E-state index is 0.169. The van der Waals surface area contributed by atoms with Crippen LogP contribution >= 0.6 is 15.9 Å². The molecule has 2 nitrogen and oxygen atoms in total. The number of aromatic nitrogens is 1. The Hall–Kier alpha value is -1.37. The Morgan fingerprint density at radius 1 is 1.33 bits per heavy atom. The largest absolute Gasteiger partial charge is 0.368 e. The average Bonchev–Trinajstić information content (AvgIpc) is 2.72. The molecule has 0 bridgehead atoms. The summed E-state index contributed by atoms with van der Waals surface area (Å²) in [6.45, 7) is 0. The molecule has 0 spiro atoms. The van der Waals surface area contributed by atoms with E-state index in [0.717, 1.165) is 6.20 Å². The van der Waals surface area contributed by atoms with Crippen molar-refractivity contribution in [2.75, 3.05) is 0 Å². The van der Waals surface area contributed by atoms with Gasteiger partial charge in [0.1, 0.15) is 0 Å². The molecule has 1 N–H and O–H groups in total. The first-order valence-corrected chi connectivity index (χ1v) is 5.61. The number of hydrogen-bond donors (Lipinski definition) is 1. The predicted molar refractivity (Wildman–Crippen MR) is 61.3 cm³/mol. The van der Waals surface area contributed by atoms with Gasteiger partial charge in [-0.2, -0.15) is 8.78 Å². The summed E-state index contributed by atoms with van der Waals surface area (Å²) in [6, 6.07) is 4.72. The number of Topliss-reactive ketones (excluding diaryl/α,β-unsaturated/α-hetero) is 1. The summed E-state index contributed by atoms with van der Waals surface area (Å²) in [6.07, 6.45) is -3.02. The maximum atomic E-state index is 13.0. The summed E-state index contributed by atoms with van der Waals surface area (Å²) in [5.41, 5.74) is -0.0411. The molecule has 2 aromatic rings. The summed E-state index contributed by atoms with van der Waals surface area (Å²) in [5.74, 6) is -6.58. The summed E-state index contributed by atoms with van der Waals surface area (Å²) in [5, 5.41) is 0.169. The minimum atomic E-state index is -4.69. The SMILES string of the molecule is O=C(c1c[nH]c2cccc(Br)c12)C(F)(F)C(F)F. The molecule has 96 valence electrons. The zero-order valence-corrected chi connectivity index (χ0v) is 10.3. The van der Waals surface area contributed by atoms with Crippen molar-refractivity contribution in [1.82, 2.24) is 4.98 Å². The van der Waals surface area contributed by atoms with E-state index in [-0.39, 0.29) is 5.39 Å². The quantitative estimate of drug-likeness (QED) is 0.671. The molecule has 2 rings (SSSR count). The predicted octanol–water partition coefficient (Wildman–Crippen LogP) is 4.01. The number of nitrogens with one attached hydrogen (secondary N) is 1. The van der Waals surface area contributed by atoms with Crippen molar-refractivity contribution in [2.24, 2.45) is 0 Å². The van der Waals surface area contributed by atoms with Gasteiger partial charge in [-0.05, 0) is 12.1 Å². The summed E-state index contributed by atoms with van der Waals surface area (Å²) in [4.78, 5) is 14.1. The van der Waals surface area contributed by atoms with Gasteiger partial charge in [-0.25, -0.2) is 8.78 Å². The van der Waals surface area contributed by atoms with E-state index < -0.39 is 23.7 Å². The molecule has 1 heterocycles. The maximum Gasteiger partial charge on any atom is 0.368 e. The van der Waals surface area contributed by atoms with Gasteiger partial charge in [0.2, 0.25) is 5.78 Å². The van der Waals surface area contributed by atoms with Crippen LogP contribution in [0, 0.1) is 0 Å². The molecule has 0 fully saturated rings. The van der Waals surface area contributed by atoms with Crippen LogP contribution in [0.5, 0.6) is 0 Å². The lowest BCUT2D eigenvalue weighted by molar-refractivity contribution is -0.0957. The lowest BCUT2D eigenvalue weighted by Crippen LogP contribution is -2.36. The van der Waals surface area contributed by atoms with Crippen LogP contribution in [0.15, 0.2) is 28.9 Å². The van der Waals surface area contributed by atoms with E-state index in [1.807, 2.05) is 0 Å². The van der Waals surface area contributed by atoms with Gasteiger partial charge in [0.05, 0.1) is 5.56 Å². The zero-order chi connectivity index (χ0) is 13.5. The van der Waals surface area contributed by atoms with E-state index in [9.17, 15) is 22.4 Å². The van der Waals surface area contributed by atoms with Crippen LogP contribution in [0.3, 0.4) is 0 Å². The zero-order valence-electron chi connectivity index (χ0n) is 8.68. The van der Waals surface area contributed by atoms with E-state index in [1.165, 1.54) is 6.07 Å². The van der Waals surface area contributed by atoms with Crippen molar-refractivity contribution in [3.8, 4) is 0 Å². The number of aromatic amines is 1. The Kier molecular flexibility index (Phi) is 3.18. The van der Waals surface area contributed by atoms with Crippen LogP contribution in [-0.4, -0.2) is 23.1 Å². The summed E-state index contributed by atoms with van der Waals surface area (Å²) >= 11 is 3.09. The van der Waals surface area contributed by atoms with Gasteiger partial charge in [-0.15, -0.1) is 0 Å². The fourth-order valence-electron chi connectivity index (χ4n) is 1.60. The van der Waals surface area contributed by atoms with Crippen molar-refractivity contribution >= 4 is 32.6 Å². The lowest BCUT2D eigenvalue weighted by atomic mass is 10.0. The number of ketones is 1. The number of alkyl halides is 4. The van der Waals surface area contributed by atoms with Crippen molar-refractivity contribution in [2.45, 2.75) is 12.3 Å². The third-order valence-corrected chi connectivity index (χ3v) is 3.14. The van der Waals surface area contributed by atoms with Crippen LogP contribution in [0.2, 0.25) is 0 Å². The standard InChI is InChI=1S/C11H6BrF4NO/c12-6-2-1-3-7-8(6)5(4-17-7)9(18)11(15,16)10(13)14/h1-4,10,17H. The number of benzene rings is 1. The van der Waals surface area contributed by atoms with Crippen LogP contribution in [0.25, 0.3) is 10.9 Å². The van der Waals surface area contributed by atoms with Gasteiger partial charge in [-0.1, -0.05) is 22.0 Å². The molecule has 1 aromatic heterocycles. The fourth-order valence-corrected chi connectivity index (χ4v) is 2.18. The number of carbonyl (C=O) groups excluding carboxylic acids is 1. The van der Waals surface area contributed by atoms with Gasteiger partial charge < -0.3 is 4.98 Å². The highest BCUT2D eigenvalue weighted by Crippen LogP contribution is 2.33. The molecule has 0 saturated heterocycles. The van der Waals surface area contributed by atoms with Gasteiger partial charge >= 0.3 is 12.3 Å². The van der Waals surface area contributed by atoms with E-state index in [4.69, 9.17) is 0 Å². The van der Waals surface area contributed by atoms with Crippen molar-refractivity contribution in [3.05, 3.63) is 34.4 Å². The number of H-pyrrole nitrogens is 1. The Labute approximate surface area is 107 Å². The third kappa shape index (κ3) is 1.92. The third-order valence-electron chi connectivity index (χ3n) is 2.48. The minimum Gasteiger partial charge on any atom is -0.360 e. The van der Waals surface area contributed by atoms with Crippen LogP contribution in [0.1, 0.15) is 10.4 Å². The van der Waals surface area contributed by atoms with E-state index in [2.05, 4.69) is 20.9 Å². The summed E-state index contributed by atoms with van der Waals surface area (Å²) < 4.78 is 50.8. The topological polar surface area (TPSA) is 32.9 Å². The molecule has 1 aromatic carbocycles. The Morgan fingerprint density at radius 2 is 2.00 bits per heavy atom. The van der Waals surface area contributed by atoms with Crippen LogP contribution in [-0.2, 0) is 0 Å². The molecule has 0 unspecified atom stereocenters. The average molecular weight is 324 g/mol. The van der Waals surface area contributed by atoms with Gasteiger partial charge in [0.25, 0.3) is 0 Å². The molecule has 0 aliphatic carbocycles. The number of carbonyl (C=O) groups is 1. The molecular weight excluding hydrogens is 318 g/mol. The molecule has 0 aliphatic heterocycles. The first kappa shape index (κ1) is 13.1. The smallest absolute Gasteiger partial charge is 0.360 e. The first-order chi connectivity index (χ1) is 8.35. The fraction of sp³-hybridized carbons (Fsp3) is 0.182. The van der Waals surface area contributed by atoms with Gasteiger partial charge in [0.15, 0.2) is 0 Å². The number of fused-ring (bicyclic) bond motifs is 1. The lowest BCUT2D eigenvalue weighted by Gasteiger charge is -2.13. The maximum absolute atomic E-state index is 13.0. The molecule has 0 saturated carbocycles. The van der Waals surface area contributed by atoms with E-state index >= 15 is 0 Å². The van der Waals surface area contributed by atoms with Crippen molar-refractivity contribution in [3.63, 3.8) is 0 Å². The highest BCUT2D eigenvalue weighted by atomic mass is 79.9. The molecule has 0 aliphatic rings. The number of rotatable bonds is 3. The normalized spacial score (nSPS) is 12.3. The molecular formula is C11H6BrF4NO. The van der Waals surface area contributed by atoms with Crippen LogP contribution in [0.4, 0.5) is 17.6 Å². The Balaban J connectivity index is 2.59. The monoisotopic (exact) mass is 323 g/mol. The van der Waals surface area contributed by atoms with Gasteiger partial charge in [0, 0.05) is 21.6 Å². The van der Waals surface area contributed by atoms with Crippen molar-refractivity contribution in [1.29, 1.82) is 0 Å². The first-order valence-electron chi connectivity index (χ1n) is 4.82. The van der Waals surface area contributed by atoms with Crippen LogP contribution < -0.4 is 0 Å². The Bertz CT molecular complexity index is 608. The highest BCUT2D eigenvalue weighted by Gasteiger charge is 2.49. The van der Waals surface area contributed by atoms with E-state index in [0.29, 0.717) is 9.99 Å². The van der Waals surface area contributed by atoms with Crippen molar-refractivity contribution < 1.29 is 22.4 Å². The molecule has 0 amide bonds. The second kappa shape index (κ2) is 4.38. The highest BCUT2D eigenvalue weighted by molar-refractivity contribution is 9.10. The molecule has 18 heavy (non-hydrogen) atoms. The Morgan fingerprint density at radius 3 is 2.61 bits per heavy atom. The second-order valence-corrected chi connectivity index (χ2v) is 4.47. The molecule has 7 heteroatoms. The summed E-state index contributed by atoms with van der Waals surface area (Å²) in [7, 11) is 0. The second-order valence-electron chi connectivity index (χ2n) is 3.62. The molecule has 0 radical (unpaired) electrons. The molecule has 0 atom stereocenters. The number of hydrogen-bond acceptors (Lipinski definition) is 1. The van der Waals surface area contributed by atoms with E-state index in [1.54, 1.807) is 12.1 Å². The number of halogens is 5.